The Morgan fingerprint density at radius 3 is 2.85 bits per heavy atom. The number of nitrogens with zero attached hydrogens (tertiary/aromatic N) is 4. The molecule has 2 aromatic heterocycles. The van der Waals surface area contributed by atoms with E-state index in [9.17, 15) is 4.79 Å². The van der Waals surface area contributed by atoms with Crippen LogP contribution in [-0.2, 0) is 19.0 Å². The van der Waals surface area contributed by atoms with E-state index in [1.54, 1.807) is 20.2 Å². The SMILES string of the molecule is CCOC(=O)C1CC(n2cnc3c(Cl)nc(C)nc32)C2OC(C)(C)OC12. The predicted octanol–water partition coefficient (Wildman–Crippen LogP) is 2.43. The lowest BCUT2D eigenvalue weighted by Gasteiger charge is -2.23. The fourth-order valence-corrected chi connectivity index (χ4v) is 4.19. The molecule has 26 heavy (non-hydrogen) atoms. The molecule has 4 rings (SSSR count). The maximum absolute atomic E-state index is 12.5. The number of imidazole rings is 1. The highest BCUT2D eigenvalue weighted by molar-refractivity contribution is 6.33. The zero-order chi connectivity index (χ0) is 18.6. The third kappa shape index (κ3) is 2.76. The molecule has 0 aromatic carbocycles. The minimum absolute atomic E-state index is 0.161. The Balaban J connectivity index is 1.76. The molecule has 1 saturated heterocycles. The first kappa shape index (κ1) is 17.6. The molecule has 1 aliphatic heterocycles. The molecule has 0 spiro atoms. The van der Waals surface area contributed by atoms with E-state index >= 15 is 0 Å². The molecule has 0 amide bonds. The Morgan fingerprint density at radius 1 is 1.38 bits per heavy atom. The minimum Gasteiger partial charge on any atom is -0.466 e. The molecular weight excluding hydrogens is 360 g/mol. The molecule has 1 saturated carbocycles. The lowest BCUT2D eigenvalue weighted by atomic mass is 10.1. The van der Waals surface area contributed by atoms with Gasteiger partial charge in [-0.2, -0.15) is 0 Å². The Labute approximate surface area is 155 Å². The fourth-order valence-electron chi connectivity index (χ4n) is 3.93. The van der Waals surface area contributed by atoms with Crippen molar-refractivity contribution in [1.29, 1.82) is 0 Å². The molecule has 3 heterocycles. The van der Waals surface area contributed by atoms with Crippen molar-refractivity contribution in [3.63, 3.8) is 0 Å². The molecule has 2 fully saturated rings. The van der Waals surface area contributed by atoms with Crippen molar-refractivity contribution in [1.82, 2.24) is 19.5 Å². The normalized spacial score (nSPS) is 29.9. The highest BCUT2D eigenvalue weighted by Gasteiger charge is 2.57. The molecule has 0 N–H and O–H groups in total. The van der Waals surface area contributed by atoms with Gasteiger partial charge in [0.05, 0.1) is 24.9 Å². The lowest BCUT2D eigenvalue weighted by molar-refractivity contribution is -0.170. The van der Waals surface area contributed by atoms with Crippen LogP contribution in [0.4, 0.5) is 0 Å². The second-order valence-corrected chi connectivity index (χ2v) is 7.47. The standard InChI is InChI=1S/C17H21ClN4O4/c1-5-24-16(23)9-6-10(13-12(9)25-17(3,4)26-13)22-7-19-11-14(18)20-8(2)21-15(11)22/h7,9-10,12-13H,5-6H2,1-4H3. The van der Waals surface area contributed by atoms with Crippen LogP contribution in [0.15, 0.2) is 6.33 Å². The van der Waals surface area contributed by atoms with Crippen molar-refractivity contribution in [3.8, 4) is 0 Å². The monoisotopic (exact) mass is 380 g/mol. The molecule has 1 aliphatic carbocycles. The van der Waals surface area contributed by atoms with Crippen molar-refractivity contribution >= 4 is 28.7 Å². The quantitative estimate of drug-likeness (QED) is 0.596. The molecule has 2 aromatic rings. The summed E-state index contributed by atoms with van der Waals surface area (Å²) in [7, 11) is 0. The van der Waals surface area contributed by atoms with Gasteiger partial charge in [-0.3, -0.25) is 4.79 Å². The van der Waals surface area contributed by atoms with Gasteiger partial charge in [0.15, 0.2) is 16.6 Å². The molecule has 0 bridgehead atoms. The number of carbonyl (C=O) groups excluding carboxylic acids is 1. The van der Waals surface area contributed by atoms with Crippen molar-refractivity contribution < 1.29 is 19.0 Å². The number of halogens is 1. The first-order chi connectivity index (χ1) is 12.3. The molecule has 4 atom stereocenters. The summed E-state index contributed by atoms with van der Waals surface area (Å²) in [5, 5.41) is 0.312. The van der Waals surface area contributed by atoms with E-state index in [-0.39, 0.29) is 24.2 Å². The number of carbonyl (C=O) groups is 1. The zero-order valence-corrected chi connectivity index (χ0v) is 15.9. The van der Waals surface area contributed by atoms with Crippen LogP contribution in [0.5, 0.6) is 0 Å². The largest absolute Gasteiger partial charge is 0.466 e. The van der Waals surface area contributed by atoms with E-state index < -0.39 is 11.7 Å². The molecule has 140 valence electrons. The van der Waals surface area contributed by atoms with Gasteiger partial charge < -0.3 is 18.8 Å². The van der Waals surface area contributed by atoms with Crippen LogP contribution in [0, 0.1) is 12.8 Å². The van der Waals surface area contributed by atoms with Crippen molar-refractivity contribution in [2.45, 2.75) is 58.2 Å². The number of hydrogen-bond donors (Lipinski definition) is 0. The van der Waals surface area contributed by atoms with E-state index in [0.29, 0.717) is 35.2 Å². The van der Waals surface area contributed by atoms with E-state index in [0.717, 1.165) is 0 Å². The Morgan fingerprint density at radius 2 is 2.12 bits per heavy atom. The molecule has 0 radical (unpaired) electrons. The summed E-state index contributed by atoms with van der Waals surface area (Å²) in [5.74, 6) is -0.871. The molecule has 8 nitrogen and oxygen atoms in total. The summed E-state index contributed by atoms with van der Waals surface area (Å²) in [4.78, 5) is 25.4. The number of aryl methyl sites for hydroxylation is 1. The van der Waals surface area contributed by atoms with Crippen LogP contribution in [-0.4, -0.2) is 50.1 Å². The van der Waals surface area contributed by atoms with Gasteiger partial charge in [-0.25, -0.2) is 15.0 Å². The molecule has 4 unspecified atom stereocenters. The highest BCUT2D eigenvalue weighted by Crippen LogP contribution is 2.48. The summed E-state index contributed by atoms with van der Waals surface area (Å²) in [5.41, 5.74) is 1.16. The van der Waals surface area contributed by atoms with Crippen molar-refractivity contribution in [2.24, 2.45) is 5.92 Å². The van der Waals surface area contributed by atoms with Crippen LogP contribution in [0.25, 0.3) is 11.2 Å². The van der Waals surface area contributed by atoms with Gasteiger partial charge in [-0.05, 0) is 34.1 Å². The van der Waals surface area contributed by atoms with E-state index in [4.69, 9.17) is 25.8 Å². The minimum atomic E-state index is -0.766. The van der Waals surface area contributed by atoms with Gasteiger partial charge in [-0.1, -0.05) is 11.6 Å². The van der Waals surface area contributed by atoms with Gasteiger partial charge in [0.2, 0.25) is 0 Å². The summed E-state index contributed by atoms with van der Waals surface area (Å²) >= 11 is 6.20. The summed E-state index contributed by atoms with van der Waals surface area (Å²) < 4.78 is 19.3. The summed E-state index contributed by atoms with van der Waals surface area (Å²) in [6.45, 7) is 7.60. The maximum Gasteiger partial charge on any atom is 0.311 e. The Hall–Kier alpha value is -1.77. The van der Waals surface area contributed by atoms with E-state index in [1.807, 2.05) is 18.4 Å². The topological polar surface area (TPSA) is 88.4 Å². The highest BCUT2D eigenvalue weighted by atomic mass is 35.5. The van der Waals surface area contributed by atoms with Crippen molar-refractivity contribution in [3.05, 3.63) is 17.3 Å². The Bertz CT molecular complexity index is 868. The van der Waals surface area contributed by atoms with Gasteiger partial charge in [0, 0.05) is 0 Å². The number of rotatable bonds is 3. The fraction of sp³-hybridized carbons (Fsp3) is 0.647. The van der Waals surface area contributed by atoms with E-state index in [1.165, 1.54) is 0 Å². The summed E-state index contributed by atoms with van der Waals surface area (Å²) in [6.07, 6.45) is 1.53. The van der Waals surface area contributed by atoms with Crippen LogP contribution < -0.4 is 0 Å². The third-order valence-corrected chi connectivity index (χ3v) is 5.14. The van der Waals surface area contributed by atoms with Crippen LogP contribution in [0.1, 0.15) is 39.1 Å². The number of aromatic nitrogens is 4. The number of fused-ring (bicyclic) bond motifs is 2. The number of ether oxygens (including phenoxy) is 3. The second-order valence-electron chi connectivity index (χ2n) is 7.11. The average Bonchev–Trinajstić information content (AvgIpc) is 3.18. The number of esters is 1. The first-order valence-electron chi connectivity index (χ1n) is 8.69. The van der Waals surface area contributed by atoms with Crippen LogP contribution in [0.2, 0.25) is 5.15 Å². The number of hydrogen-bond acceptors (Lipinski definition) is 7. The molecular formula is C17H21ClN4O4. The molecule has 2 aliphatic rings. The Kier molecular flexibility index (Phi) is 4.17. The van der Waals surface area contributed by atoms with Gasteiger partial charge in [0.1, 0.15) is 23.5 Å². The second kappa shape index (κ2) is 6.14. The van der Waals surface area contributed by atoms with Gasteiger partial charge in [0.25, 0.3) is 0 Å². The maximum atomic E-state index is 12.5. The summed E-state index contributed by atoms with van der Waals surface area (Å²) in [6, 6.07) is -0.161. The predicted molar refractivity (Wildman–Crippen MR) is 92.7 cm³/mol. The van der Waals surface area contributed by atoms with Gasteiger partial charge in [-0.15, -0.1) is 0 Å². The first-order valence-corrected chi connectivity index (χ1v) is 9.07. The third-order valence-electron chi connectivity index (χ3n) is 4.87. The van der Waals surface area contributed by atoms with E-state index in [2.05, 4.69) is 15.0 Å². The molecule has 9 heteroatoms. The smallest absolute Gasteiger partial charge is 0.311 e. The van der Waals surface area contributed by atoms with Gasteiger partial charge >= 0.3 is 5.97 Å². The zero-order valence-electron chi connectivity index (χ0n) is 15.1. The van der Waals surface area contributed by atoms with Crippen LogP contribution >= 0.6 is 11.6 Å². The lowest BCUT2D eigenvalue weighted by Crippen LogP contribution is -2.31. The van der Waals surface area contributed by atoms with Crippen molar-refractivity contribution in [2.75, 3.05) is 6.61 Å². The average molecular weight is 381 g/mol. The van der Waals surface area contributed by atoms with Crippen LogP contribution in [0.3, 0.4) is 0 Å².